The zero-order valence-corrected chi connectivity index (χ0v) is 15.3. The number of nitrogens with one attached hydrogen (secondary N) is 1. The van der Waals surface area contributed by atoms with Crippen molar-refractivity contribution in [1.29, 1.82) is 0 Å². The Kier molecular flexibility index (Phi) is 5.93. The summed E-state index contributed by atoms with van der Waals surface area (Å²) in [7, 11) is 0. The monoisotopic (exact) mass is 388 g/mol. The lowest BCUT2D eigenvalue weighted by Crippen LogP contribution is -2.05. The van der Waals surface area contributed by atoms with Crippen molar-refractivity contribution >= 4 is 28.8 Å². The average molecular weight is 389 g/mol. The molecule has 8 heteroatoms. The maximum Gasteiger partial charge on any atom is 0.242 e. The van der Waals surface area contributed by atoms with E-state index in [1.165, 1.54) is 18.5 Å². The molecule has 0 fully saturated rings. The fraction of sp³-hybridized carbons (Fsp3) is 0.158. The first-order valence-corrected chi connectivity index (χ1v) is 8.61. The van der Waals surface area contributed by atoms with E-state index in [1.807, 2.05) is 6.92 Å². The van der Waals surface area contributed by atoms with Gasteiger partial charge in [-0.25, -0.2) is 9.37 Å². The van der Waals surface area contributed by atoms with E-state index in [9.17, 15) is 4.39 Å². The number of nitrogens with zero attached hydrogens (tertiary/aromatic N) is 2. The molecule has 0 aliphatic carbocycles. The van der Waals surface area contributed by atoms with Crippen LogP contribution in [0.4, 0.5) is 21.6 Å². The van der Waals surface area contributed by atoms with Crippen LogP contribution in [0.2, 0.25) is 5.02 Å². The minimum absolute atomic E-state index is 0.209. The van der Waals surface area contributed by atoms with Crippen LogP contribution >= 0.6 is 11.6 Å². The molecule has 0 spiro atoms. The van der Waals surface area contributed by atoms with Crippen LogP contribution in [0, 0.1) is 5.82 Å². The normalized spacial score (nSPS) is 10.5. The quantitative estimate of drug-likeness (QED) is 0.616. The van der Waals surface area contributed by atoms with E-state index in [1.54, 1.807) is 30.3 Å². The van der Waals surface area contributed by atoms with Crippen molar-refractivity contribution in [1.82, 2.24) is 9.97 Å². The number of hydrogen-bond acceptors (Lipinski definition) is 6. The second kappa shape index (κ2) is 8.55. The highest BCUT2D eigenvalue weighted by molar-refractivity contribution is 6.32. The number of ether oxygens (including phenoxy) is 2. The first kappa shape index (κ1) is 18.7. The first-order chi connectivity index (χ1) is 13.1. The first-order valence-electron chi connectivity index (χ1n) is 8.24. The second-order valence-corrected chi connectivity index (χ2v) is 5.97. The highest BCUT2D eigenvalue weighted by Crippen LogP contribution is 2.32. The molecule has 0 bridgehead atoms. The molecule has 0 atom stereocenters. The molecule has 0 unspecified atom stereocenters. The van der Waals surface area contributed by atoms with Gasteiger partial charge in [0.25, 0.3) is 0 Å². The summed E-state index contributed by atoms with van der Waals surface area (Å²) in [6.07, 6.45) is 1.36. The predicted molar refractivity (Wildman–Crippen MR) is 103 cm³/mol. The van der Waals surface area contributed by atoms with Crippen molar-refractivity contribution in [2.45, 2.75) is 13.5 Å². The molecule has 3 N–H and O–H groups in total. The van der Waals surface area contributed by atoms with E-state index >= 15 is 0 Å². The molecule has 1 heterocycles. The van der Waals surface area contributed by atoms with Crippen molar-refractivity contribution in [3.63, 3.8) is 0 Å². The van der Waals surface area contributed by atoms with Gasteiger partial charge in [-0.3, -0.25) is 0 Å². The summed E-state index contributed by atoms with van der Waals surface area (Å²) < 4.78 is 24.2. The van der Waals surface area contributed by atoms with Gasteiger partial charge >= 0.3 is 0 Å². The molecule has 6 nitrogen and oxygen atoms in total. The van der Waals surface area contributed by atoms with E-state index in [4.69, 9.17) is 26.8 Å². The predicted octanol–water partition coefficient (Wildman–Crippen LogP) is 4.57. The Morgan fingerprint density at radius 2 is 2.00 bits per heavy atom. The van der Waals surface area contributed by atoms with Gasteiger partial charge in [0.2, 0.25) is 5.88 Å². The van der Waals surface area contributed by atoms with Crippen molar-refractivity contribution in [2.24, 2.45) is 0 Å². The standard InChI is InChI=1S/C19H18ClFN4O2/c1-2-26-19-17(22)18(23-11-24-19)25-14-6-7-16(15(20)9-14)27-10-12-4-3-5-13(21)8-12/h3-9,11H,2,10,22H2,1H3,(H,23,24,25). The highest BCUT2D eigenvalue weighted by Gasteiger charge is 2.10. The number of anilines is 3. The van der Waals surface area contributed by atoms with Crippen molar-refractivity contribution < 1.29 is 13.9 Å². The molecule has 0 amide bonds. The average Bonchev–Trinajstić information content (AvgIpc) is 2.65. The molecule has 2 aromatic carbocycles. The van der Waals surface area contributed by atoms with Gasteiger partial charge in [-0.2, -0.15) is 4.98 Å². The van der Waals surface area contributed by atoms with Crippen molar-refractivity contribution in [2.75, 3.05) is 17.7 Å². The fourth-order valence-corrected chi connectivity index (χ4v) is 2.59. The van der Waals surface area contributed by atoms with Gasteiger partial charge in [0.1, 0.15) is 30.2 Å². The number of aromatic nitrogens is 2. The van der Waals surface area contributed by atoms with E-state index in [-0.39, 0.29) is 12.4 Å². The summed E-state index contributed by atoms with van der Waals surface area (Å²) in [5, 5.41) is 3.47. The Labute approximate surface area is 161 Å². The van der Waals surface area contributed by atoms with Gasteiger partial charge < -0.3 is 20.5 Å². The van der Waals surface area contributed by atoms with Crippen molar-refractivity contribution in [3.8, 4) is 11.6 Å². The maximum absolute atomic E-state index is 13.2. The van der Waals surface area contributed by atoms with Gasteiger partial charge in [-0.1, -0.05) is 23.7 Å². The molecule has 140 valence electrons. The van der Waals surface area contributed by atoms with E-state index in [0.29, 0.717) is 46.0 Å². The van der Waals surface area contributed by atoms with Gasteiger partial charge in [0.05, 0.1) is 11.6 Å². The summed E-state index contributed by atoms with van der Waals surface area (Å²) in [6.45, 7) is 2.50. The van der Waals surface area contributed by atoms with Gasteiger partial charge in [0.15, 0.2) is 5.82 Å². The van der Waals surface area contributed by atoms with Crippen LogP contribution in [0.25, 0.3) is 0 Å². The summed E-state index contributed by atoms with van der Waals surface area (Å²) in [4.78, 5) is 8.11. The van der Waals surface area contributed by atoms with Crippen LogP contribution in [-0.2, 0) is 6.61 Å². The molecule has 3 rings (SSSR count). The molecule has 0 aliphatic heterocycles. The van der Waals surface area contributed by atoms with Crippen LogP contribution in [0.3, 0.4) is 0 Å². The third-order valence-corrected chi connectivity index (χ3v) is 3.90. The van der Waals surface area contributed by atoms with Crippen LogP contribution < -0.4 is 20.5 Å². The van der Waals surface area contributed by atoms with Crippen LogP contribution in [-0.4, -0.2) is 16.6 Å². The molecule has 0 radical (unpaired) electrons. The molecule has 27 heavy (non-hydrogen) atoms. The van der Waals surface area contributed by atoms with Crippen LogP contribution in [0.5, 0.6) is 11.6 Å². The minimum Gasteiger partial charge on any atom is -0.487 e. The third kappa shape index (κ3) is 4.77. The summed E-state index contributed by atoms with van der Waals surface area (Å²) in [5.74, 6) is 0.904. The lowest BCUT2D eigenvalue weighted by molar-refractivity contribution is 0.306. The molecule has 0 saturated heterocycles. The zero-order chi connectivity index (χ0) is 19.2. The molecule has 3 aromatic rings. The molecular formula is C19H18ClFN4O2. The lowest BCUT2D eigenvalue weighted by Gasteiger charge is -2.13. The fourth-order valence-electron chi connectivity index (χ4n) is 2.35. The van der Waals surface area contributed by atoms with Gasteiger partial charge in [-0.15, -0.1) is 0 Å². The van der Waals surface area contributed by atoms with E-state index in [2.05, 4.69) is 15.3 Å². The Bertz CT molecular complexity index is 939. The number of benzene rings is 2. The molecule has 1 aromatic heterocycles. The lowest BCUT2D eigenvalue weighted by atomic mass is 10.2. The third-order valence-electron chi connectivity index (χ3n) is 3.61. The SMILES string of the molecule is CCOc1ncnc(Nc2ccc(OCc3cccc(F)c3)c(Cl)c2)c1N. The molecule has 0 saturated carbocycles. The number of halogens is 2. The Hall–Kier alpha value is -3.06. The largest absolute Gasteiger partial charge is 0.487 e. The molecule has 0 aliphatic rings. The molecular weight excluding hydrogens is 371 g/mol. The number of nitrogens with two attached hydrogens (primary N) is 1. The highest BCUT2D eigenvalue weighted by atomic mass is 35.5. The smallest absolute Gasteiger partial charge is 0.242 e. The number of nitrogen functional groups attached to an aromatic ring is 1. The van der Waals surface area contributed by atoms with Crippen LogP contribution in [0.1, 0.15) is 12.5 Å². The Morgan fingerprint density at radius 3 is 2.74 bits per heavy atom. The van der Waals surface area contributed by atoms with Gasteiger partial charge in [-0.05, 0) is 42.8 Å². The van der Waals surface area contributed by atoms with Crippen LogP contribution in [0.15, 0.2) is 48.8 Å². The zero-order valence-electron chi connectivity index (χ0n) is 14.6. The van der Waals surface area contributed by atoms with Gasteiger partial charge in [0, 0.05) is 5.69 Å². The Balaban J connectivity index is 1.70. The topological polar surface area (TPSA) is 82.3 Å². The second-order valence-electron chi connectivity index (χ2n) is 5.56. The van der Waals surface area contributed by atoms with E-state index < -0.39 is 0 Å². The minimum atomic E-state index is -0.310. The van der Waals surface area contributed by atoms with E-state index in [0.717, 1.165) is 0 Å². The summed E-state index contributed by atoms with van der Waals surface area (Å²) >= 11 is 6.29. The summed E-state index contributed by atoms with van der Waals surface area (Å²) in [6, 6.07) is 11.4. The van der Waals surface area contributed by atoms with Crippen molar-refractivity contribution in [3.05, 3.63) is 65.2 Å². The number of hydrogen-bond donors (Lipinski definition) is 2. The Morgan fingerprint density at radius 1 is 1.15 bits per heavy atom. The summed E-state index contributed by atoms with van der Waals surface area (Å²) in [5.41, 5.74) is 7.70. The maximum atomic E-state index is 13.2. The number of rotatable bonds is 7.